The Bertz CT molecular complexity index is 3240. The van der Waals surface area contributed by atoms with Crippen LogP contribution >= 0.6 is 0 Å². The predicted molar refractivity (Wildman–Crippen MR) is 266 cm³/mol. The second-order valence-electron chi connectivity index (χ2n) is 18.8. The number of benzene rings is 6. The molecule has 3 heterocycles. The van der Waals surface area contributed by atoms with Gasteiger partial charge < -0.3 is 14.0 Å². The first-order valence-corrected chi connectivity index (χ1v) is 25.1. The Morgan fingerprint density at radius 1 is 0.810 bits per heavy atom. The number of hydrogen-bond donors (Lipinski definition) is 0. The molecule has 323 valence electrons. The summed E-state index contributed by atoms with van der Waals surface area (Å²) >= 11 is 0. The van der Waals surface area contributed by atoms with Crippen LogP contribution in [0, 0.1) is 24.9 Å². The second kappa shape index (κ2) is 18.4. The van der Waals surface area contributed by atoms with Crippen LogP contribution in [0.5, 0.6) is 0 Å². The number of imidazole rings is 1. The maximum absolute atomic E-state index is 8.55. The molecule has 0 atom stereocenters. The van der Waals surface area contributed by atoms with E-state index in [9.17, 15) is 0 Å². The van der Waals surface area contributed by atoms with Crippen molar-refractivity contribution >= 4 is 46.2 Å². The first kappa shape index (κ1) is 39.2. The predicted octanol–water partition coefficient (Wildman–Crippen LogP) is 15.1. The van der Waals surface area contributed by atoms with Gasteiger partial charge in [-0.15, -0.1) is 54.1 Å². The number of aromatic nitrogens is 3. The molecule has 0 amide bonds. The van der Waals surface area contributed by atoms with Gasteiger partial charge in [-0.25, -0.2) is 0 Å². The third kappa shape index (κ3) is 9.46. The maximum Gasteiger partial charge on any atom is 0.121 e. The summed E-state index contributed by atoms with van der Waals surface area (Å²) in [4.78, 5) is 9.81. The van der Waals surface area contributed by atoms with Gasteiger partial charge in [0.1, 0.15) is 5.58 Å². The van der Waals surface area contributed by atoms with Crippen molar-refractivity contribution in [1.82, 2.24) is 14.5 Å². The number of pyridine rings is 1. The minimum atomic E-state index is -2.23. The third-order valence-electron chi connectivity index (χ3n) is 11.3. The Labute approximate surface area is 396 Å². The van der Waals surface area contributed by atoms with E-state index < -0.39 is 21.3 Å². The van der Waals surface area contributed by atoms with Crippen LogP contribution in [-0.2, 0) is 31.9 Å². The van der Waals surface area contributed by atoms with E-state index in [-0.39, 0.29) is 42.9 Å². The minimum absolute atomic E-state index is 0. The van der Waals surface area contributed by atoms with E-state index in [2.05, 4.69) is 118 Å². The van der Waals surface area contributed by atoms with Gasteiger partial charge in [-0.05, 0) is 87.9 Å². The van der Waals surface area contributed by atoms with E-state index in [0.717, 1.165) is 72.0 Å². The molecule has 0 spiro atoms. The van der Waals surface area contributed by atoms with E-state index in [1.54, 1.807) is 12.1 Å². The maximum atomic E-state index is 8.55. The summed E-state index contributed by atoms with van der Waals surface area (Å²) in [6.45, 7) is 19.6. The second-order valence-corrected chi connectivity index (χ2v) is 23.9. The Balaban J connectivity index is 0.000000251. The molecule has 6 aromatic carbocycles. The van der Waals surface area contributed by atoms with Crippen molar-refractivity contribution in [2.24, 2.45) is 5.92 Å². The first-order chi connectivity index (χ1) is 31.6. The van der Waals surface area contributed by atoms with Crippen LogP contribution in [0.1, 0.15) is 83.5 Å². The smallest absolute Gasteiger partial charge is 0.121 e. The van der Waals surface area contributed by atoms with E-state index in [4.69, 9.17) is 16.3 Å². The van der Waals surface area contributed by atoms with Crippen LogP contribution in [0.15, 0.2) is 138 Å². The molecule has 1 radical (unpaired) electrons. The number of hydrogen-bond acceptors (Lipinski definition) is 3. The fourth-order valence-electron chi connectivity index (χ4n) is 8.13. The molecule has 6 heteroatoms. The molecule has 0 aliphatic carbocycles. The number of para-hydroxylation sites is 2. The van der Waals surface area contributed by atoms with Gasteiger partial charge in [-0.2, -0.15) is 0 Å². The normalized spacial score (nSPS) is 13.6. The van der Waals surface area contributed by atoms with Crippen LogP contribution in [-0.4, -0.2) is 22.6 Å². The summed E-state index contributed by atoms with van der Waals surface area (Å²) in [6, 6.07) is 48.7. The quantitative estimate of drug-likeness (QED) is 0.113. The molecule has 0 aliphatic heterocycles. The van der Waals surface area contributed by atoms with Crippen molar-refractivity contribution in [3.05, 3.63) is 168 Å². The summed E-state index contributed by atoms with van der Waals surface area (Å²) in [6.07, 6.45) is 0.528. The van der Waals surface area contributed by atoms with Gasteiger partial charge in [0, 0.05) is 49.8 Å². The standard InChI is InChI=1S/C39H35N2O.C18H24NSi.Ir/c1-24(2)31-22-27(39(4,5)6)23-32(26-13-8-7-9-14-26)36(31)41-34-18-11-10-17-33(34)40-38(41)30-16-12-15-29-28-20-19-25(3)21-35(28)42-37(29)30;1-14(2)11-16-12-17(15-9-7-6-8-10-15)19-13-18(16)20(3,4)5;/h7-15,17-24H,1-6H3;6-9,12-14H,11H2,1-5H3;/q2*-1;/i3D3;11D2;. The van der Waals surface area contributed by atoms with Crippen molar-refractivity contribution in [2.75, 3.05) is 0 Å². The number of furan rings is 1. The van der Waals surface area contributed by atoms with E-state index in [1.807, 2.05) is 92.8 Å². The number of aryl methyl sites for hydroxylation is 1. The SMILES string of the molecule is [2H]C([2H])([2H])c1ccc2c(c1)oc1c(-c3nc4ccccc4n3-c3c(-c4ccccc4)cc(C(C)(C)C)cc3C(C)C)[c-]ccc12.[2H]C([2H])(c1cc(-c2[c-]cccc2)ncc1[Si](C)(C)C)C(C)C.[Ir]. The summed E-state index contributed by atoms with van der Waals surface area (Å²) in [5.41, 5.74) is 12.3. The summed E-state index contributed by atoms with van der Waals surface area (Å²) < 4.78 is 49.6. The van der Waals surface area contributed by atoms with Crippen molar-refractivity contribution in [2.45, 2.75) is 92.7 Å². The number of nitrogens with zero attached hydrogens (tertiary/aromatic N) is 3. The Kier molecular flexibility index (Phi) is 11.4. The largest absolute Gasteiger partial charge is 0.501 e. The van der Waals surface area contributed by atoms with Gasteiger partial charge in [0.25, 0.3) is 0 Å². The van der Waals surface area contributed by atoms with Crippen LogP contribution in [0.2, 0.25) is 19.6 Å². The number of fused-ring (bicyclic) bond motifs is 4. The Hall–Kier alpha value is -5.39. The topological polar surface area (TPSA) is 43.9 Å². The van der Waals surface area contributed by atoms with Gasteiger partial charge >= 0.3 is 0 Å². The molecule has 0 fully saturated rings. The van der Waals surface area contributed by atoms with Gasteiger partial charge in [-0.3, -0.25) is 4.98 Å². The minimum Gasteiger partial charge on any atom is -0.501 e. The zero-order valence-corrected chi connectivity index (χ0v) is 41.3. The van der Waals surface area contributed by atoms with Crippen molar-refractivity contribution in [3.63, 3.8) is 0 Å². The molecule has 0 unspecified atom stereocenters. The molecule has 0 aliphatic rings. The molecule has 0 saturated carbocycles. The van der Waals surface area contributed by atoms with Gasteiger partial charge in [0.2, 0.25) is 0 Å². The first-order valence-electron chi connectivity index (χ1n) is 24.1. The molecule has 0 bridgehead atoms. The Morgan fingerprint density at radius 2 is 1.56 bits per heavy atom. The van der Waals surface area contributed by atoms with E-state index in [0.29, 0.717) is 11.2 Å². The monoisotopic (exact) mass is 1030 g/mol. The molecule has 9 rings (SSSR count). The van der Waals surface area contributed by atoms with Crippen LogP contribution in [0.4, 0.5) is 0 Å². The fourth-order valence-corrected chi connectivity index (χ4v) is 9.53. The molecule has 0 N–H and O–H groups in total. The fraction of sp³-hybridized carbons (Fsp3) is 0.263. The zero-order valence-electron chi connectivity index (χ0n) is 42.9. The number of rotatable bonds is 8. The molecular formula is C57H59IrN3OSi-2. The van der Waals surface area contributed by atoms with Gasteiger partial charge in [0.05, 0.1) is 30.5 Å². The third-order valence-corrected chi connectivity index (χ3v) is 13.3. The summed E-state index contributed by atoms with van der Waals surface area (Å²) in [5.74, 6) is 0.861. The molecular weight excluding hydrogens is 963 g/mol. The van der Waals surface area contributed by atoms with Crippen LogP contribution < -0.4 is 5.19 Å². The summed E-state index contributed by atoms with van der Waals surface area (Å²) in [5, 5.41) is 2.86. The van der Waals surface area contributed by atoms with Crippen LogP contribution in [0.25, 0.3) is 72.4 Å². The Morgan fingerprint density at radius 3 is 2.24 bits per heavy atom. The molecule has 9 aromatic rings. The van der Waals surface area contributed by atoms with Gasteiger partial charge in [-0.1, -0.05) is 151 Å². The average molecular weight is 1030 g/mol. The summed E-state index contributed by atoms with van der Waals surface area (Å²) in [7, 11) is -1.67. The molecule has 4 nitrogen and oxygen atoms in total. The van der Waals surface area contributed by atoms with E-state index in [1.165, 1.54) is 11.1 Å². The molecule has 0 saturated heterocycles. The van der Waals surface area contributed by atoms with E-state index >= 15 is 0 Å². The van der Waals surface area contributed by atoms with Crippen molar-refractivity contribution < 1.29 is 31.4 Å². The van der Waals surface area contributed by atoms with Gasteiger partial charge in [0.15, 0.2) is 0 Å². The molecule has 63 heavy (non-hydrogen) atoms. The van der Waals surface area contributed by atoms with Crippen molar-refractivity contribution in [3.8, 4) is 39.5 Å². The van der Waals surface area contributed by atoms with Crippen molar-refractivity contribution in [1.29, 1.82) is 0 Å². The average Bonchev–Trinajstić information content (AvgIpc) is 3.86. The zero-order chi connectivity index (χ0) is 48.2. The van der Waals surface area contributed by atoms with Crippen LogP contribution in [0.3, 0.4) is 0 Å². The molecule has 3 aromatic heterocycles.